The first-order valence-corrected chi connectivity index (χ1v) is 7.59. The van der Waals surface area contributed by atoms with Crippen LogP contribution in [0.2, 0.25) is 0 Å². The zero-order chi connectivity index (χ0) is 16.6. The Morgan fingerprint density at radius 3 is 2.61 bits per heavy atom. The van der Waals surface area contributed by atoms with E-state index in [-0.39, 0.29) is 17.8 Å². The van der Waals surface area contributed by atoms with E-state index >= 15 is 0 Å². The quantitative estimate of drug-likeness (QED) is 0.946. The number of carbonyl (C=O) groups excluding carboxylic acids is 1. The molecule has 3 rings (SSSR count). The summed E-state index contributed by atoms with van der Waals surface area (Å²) >= 11 is 0. The first-order chi connectivity index (χ1) is 11.0. The summed E-state index contributed by atoms with van der Waals surface area (Å²) in [5.41, 5.74) is 2.48. The van der Waals surface area contributed by atoms with Crippen molar-refractivity contribution in [3.63, 3.8) is 0 Å². The maximum Gasteiger partial charge on any atom is 0.257 e. The van der Waals surface area contributed by atoms with Crippen LogP contribution in [-0.2, 0) is 0 Å². The number of benzene rings is 2. The molecule has 1 N–H and O–H groups in total. The van der Waals surface area contributed by atoms with E-state index in [4.69, 9.17) is 4.74 Å². The lowest BCUT2D eigenvalue weighted by Crippen LogP contribution is -2.45. The largest absolute Gasteiger partial charge is 0.504 e. The van der Waals surface area contributed by atoms with Gasteiger partial charge in [0.25, 0.3) is 5.91 Å². The Bertz CT molecular complexity index is 745. The molecule has 5 nitrogen and oxygen atoms in total. The second-order valence-electron chi connectivity index (χ2n) is 5.58. The summed E-state index contributed by atoms with van der Waals surface area (Å²) in [4.78, 5) is 16.4. The predicted octanol–water partition coefficient (Wildman–Crippen LogP) is 3.01. The average Bonchev–Trinajstić information content (AvgIpc) is 2.56. The Kier molecular flexibility index (Phi) is 3.86. The third-order valence-corrected chi connectivity index (χ3v) is 4.15. The van der Waals surface area contributed by atoms with Gasteiger partial charge in [0.05, 0.1) is 17.9 Å². The molecule has 0 saturated carbocycles. The summed E-state index contributed by atoms with van der Waals surface area (Å²) in [5, 5.41) is 9.89. The first kappa shape index (κ1) is 15.2. The molecule has 1 aliphatic heterocycles. The van der Waals surface area contributed by atoms with Crippen LogP contribution in [0.4, 0.5) is 5.69 Å². The van der Waals surface area contributed by atoms with E-state index in [1.165, 1.54) is 0 Å². The monoisotopic (exact) mass is 312 g/mol. The van der Waals surface area contributed by atoms with Gasteiger partial charge in [-0.3, -0.25) is 4.79 Å². The van der Waals surface area contributed by atoms with Crippen molar-refractivity contribution in [1.29, 1.82) is 0 Å². The van der Waals surface area contributed by atoms with Gasteiger partial charge in [-0.2, -0.15) is 0 Å². The van der Waals surface area contributed by atoms with Crippen molar-refractivity contribution in [3.8, 4) is 11.5 Å². The number of hydrogen-bond acceptors (Lipinski definition) is 4. The molecule has 0 fully saturated rings. The number of anilines is 1. The lowest BCUT2D eigenvalue weighted by molar-refractivity contribution is 0.0711. The summed E-state index contributed by atoms with van der Waals surface area (Å²) < 4.78 is 5.46. The molecule has 0 aromatic heterocycles. The van der Waals surface area contributed by atoms with E-state index in [9.17, 15) is 9.90 Å². The summed E-state index contributed by atoms with van der Waals surface area (Å²) in [7, 11) is 3.74. The van der Waals surface area contributed by atoms with Gasteiger partial charge in [0.2, 0.25) is 0 Å². The summed E-state index contributed by atoms with van der Waals surface area (Å²) in [5.74, 6) is 0.510. The number of fused-ring (bicyclic) bond motifs is 1. The fourth-order valence-electron chi connectivity index (χ4n) is 3.06. The Labute approximate surface area is 135 Å². The Morgan fingerprint density at radius 2 is 1.87 bits per heavy atom. The highest BCUT2D eigenvalue weighted by atomic mass is 16.5. The minimum atomic E-state index is -0.253. The molecule has 0 saturated heterocycles. The van der Waals surface area contributed by atoms with Crippen LogP contribution in [0.5, 0.6) is 11.5 Å². The first-order valence-electron chi connectivity index (χ1n) is 7.59. The third kappa shape index (κ3) is 2.48. The summed E-state index contributed by atoms with van der Waals surface area (Å²) in [6.07, 6.45) is -0.253. The highest BCUT2D eigenvalue weighted by Gasteiger charge is 2.34. The van der Waals surface area contributed by atoms with Crippen molar-refractivity contribution in [2.75, 3.05) is 25.6 Å². The molecule has 1 heterocycles. The SMILES string of the molecule is CCOc1cc([C@@H]2N(C)C(=O)c3ccccc3N2C)ccc1O. The minimum absolute atomic E-state index is 0.0188. The molecule has 23 heavy (non-hydrogen) atoms. The van der Waals surface area contributed by atoms with Gasteiger partial charge in [-0.05, 0) is 36.8 Å². The highest BCUT2D eigenvalue weighted by Crippen LogP contribution is 2.39. The van der Waals surface area contributed by atoms with E-state index in [1.54, 1.807) is 24.1 Å². The van der Waals surface area contributed by atoms with Crippen molar-refractivity contribution >= 4 is 11.6 Å². The number of aromatic hydroxyl groups is 1. The smallest absolute Gasteiger partial charge is 0.257 e. The number of hydrogen-bond donors (Lipinski definition) is 1. The zero-order valence-corrected chi connectivity index (χ0v) is 13.5. The van der Waals surface area contributed by atoms with E-state index in [1.807, 2.05) is 44.3 Å². The molecule has 0 radical (unpaired) electrons. The Morgan fingerprint density at radius 1 is 1.13 bits per heavy atom. The number of rotatable bonds is 3. The topological polar surface area (TPSA) is 53.0 Å². The normalized spacial score (nSPS) is 17.2. The number of phenolic OH excluding ortho intramolecular Hbond substituents is 1. The fourth-order valence-corrected chi connectivity index (χ4v) is 3.06. The lowest BCUT2D eigenvalue weighted by Gasteiger charge is -2.42. The maximum absolute atomic E-state index is 12.6. The molecule has 1 aliphatic rings. The van der Waals surface area contributed by atoms with Crippen molar-refractivity contribution in [2.24, 2.45) is 0 Å². The van der Waals surface area contributed by atoms with Crippen LogP contribution in [-0.4, -0.2) is 36.6 Å². The van der Waals surface area contributed by atoms with Gasteiger partial charge >= 0.3 is 0 Å². The summed E-state index contributed by atoms with van der Waals surface area (Å²) in [6, 6.07) is 12.8. The Balaban J connectivity index is 2.06. The van der Waals surface area contributed by atoms with Gasteiger partial charge in [-0.1, -0.05) is 18.2 Å². The van der Waals surface area contributed by atoms with Crippen LogP contribution in [0, 0.1) is 0 Å². The van der Waals surface area contributed by atoms with Crippen molar-refractivity contribution in [1.82, 2.24) is 4.90 Å². The molecule has 1 atom stereocenters. The molecule has 120 valence electrons. The average molecular weight is 312 g/mol. The van der Waals surface area contributed by atoms with E-state index in [0.717, 1.165) is 11.3 Å². The molecular formula is C18H20N2O3. The van der Waals surface area contributed by atoms with Crippen LogP contribution in [0.25, 0.3) is 0 Å². The number of phenols is 1. The van der Waals surface area contributed by atoms with Gasteiger partial charge in [-0.25, -0.2) is 0 Å². The number of ether oxygens (including phenoxy) is 1. The molecule has 5 heteroatoms. The lowest BCUT2D eigenvalue weighted by atomic mass is 10.0. The molecule has 0 aliphatic carbocycles. The van der Waals surface area contributed by atoms with Crippen LogP contribution < -0.4 is 9.64 Å². The Hall–Kier alpha value is -2.69. The van der Waals surface area contributed by atoms with E-state index in [0.29, 0.717) is 17.9 Å². The molecular weight excluding hydrogens is 292 g/mol. The molecule has 1 amide bonds. The van der Waals surface area contributed by atoms with Gasteiger partial charge in [0.1, 0.15) is 6.17 Å². The molecule has 0 spiro atoms. The second-order valence-corrected chi connectivity index (χ2v) is 5.58. The number of carbonyl (C=O) groups is 1. The maximum atomic E-state index is 12.6. The van der Waals surface area contributed by atoms with Crippen molar-refractivity contribution < 1.29 is 14.6 Å². The third-order valence-electron chi connectivity index (χ3n) is 4.15. The number of amides is 1. The molecule has 0 bridgehead atoms. The predicted molar refractivity (Wildman–Crippen MR) is 89.0 cm³/mol. The van der Waals surface area contributed by atoms with Crippen molar-refractivity contribution in [2.45, 2.75) is 13.1 Å². The van der Waals surface area contributed by atoms with Crippen LogP contribution in [0.15, 0.2) is 42.5 Å². The van der Waals surface area contributed by atoms with E-state index in [2.05, 4.69) is 4.90 Å². The van der Waals surface area contributed by atoms with Gasteiger partial charge in [0.15, 0.2) is 11.5 Å². The van der Waals surface area contributed by atoms with Crippen LogP contribution >= 0.6 is 0 Å². The van der Waals surface area contributed by atoms with E-state index < -0.39 is 0 Å². The van der Waals surface area contributed by atoms with Crippen LogP contribution in [0.1, 0.15) is 29.0 Å². The summed E-state index contributed by atoms with van der Waals surface area (Å²) in [6.45, 7) is 2.33. The standard InChI is InChI=1S/C18H20N2O3/c1-4-23-16-11-12(9-10-15(16)21)17-19(2)14-8-6-5-7-13(14)18(22)20(17)3/h5-11,17,21H,4H2,1-3H3/t17-/m0/s1. The molecule has 2 aromatic carbocycles. The number of nitrogens with zero attached hydrogens (tertiary/aromatic N) is 2. The minimum Gasteiger partial charge on any atom is -0.504 e. The molecule has 2 aromatic rings. The van der Waals surface area contributed by atoms with Crippen LogP contribution in [0.3, 0.4) is 0 Å². The van der Waals surface area contributed by atoms with Gasteiger partial charge in [-0.15, -0.1) is 0 Å². The second kappa shape index (κ2) is 5.83. The van der Waals surface area contributed by atoms with Gasteiger partial charge in [0, 0.05) is 14.1 Å². The number of para-hydroxylation sites is 1. The fraction of sp³-hybridized carbons (Fsp3) is 0.278. The highest BCUT2D eigenvalue weighted by molar-refractivity contribution is 6.01. The molecule has 0 unspecified atom stereocenters. The zero-order valence-electron chi connectivity index (χ0n) is 13.5. The van der Waals surface area contributed by atoms with Crippen molar-refractivity contribution in [3.05, 3.63) is 53.6 Å². The van der Waals surface area contributed by atoms with Gasteiger partial charge < -0.3 is 19.6 Å².